The molecule has 2 aliphatic heterocycles. The number of hydrogen-bond donors (Lipinski definition) is 4. The maximum atomic E-state index is 11.2. The van der Waals surface area contributed by atoms with Gasteiger partial charge in [-0.2, -0.15) is 0 Å². The molecule has 5 atom stereocenters. The zero-order valence-corrected chi connectivity index (χ0v) is 12.8. The van der Waals surface area contributed by atoms with Gasteiger partial charge in [-0.05, 0) is 6.07 Å². The quantitative estimate of drug-likeness (QED) is 0.365. The molecule has 0 spiro atoms. The van der Waals surface area contributed by atoms with Gasteiger partial charge in [-0.1, -0.05) is 0 Å². The lowest BCUT2D eigenvalue weighted by Crippen LogP contribution is -2.59. The highest BCUT2D eigenvalue weighted by molar-refractivity contribution is 5.55. The third kappa shape index (κ3) is 3.38. The van der Waals surface area contributed by atoms with Crippen LogP contribution in [-0.4, -0.2) is 69.5 Å². The average Bonchev–Trinajstić information content (AvgIpc) is 3.05. The number of nitrogens with zero attached hydrogens (tertiary/aromatic N) is 1. The molecule has 11 heteroatoms. The molecule has 0 aliphatic carbocycles. The van der Waals surface area contributed by atoms with E-state index >= 15 is 0 Å². The molecule has 1 aromatic carbocycles. The molecular weight excluding hydrogens is 342 g/mol. The molecule has 1 aromatic rings. The first-order valence-electron chi connectivity index (χ1n) is 7.41. The fraction of sp³-hybridized carbons (Fsp3) is 0.571. The molecule has 138 valence electrons. The SMILES string of the molecule is O=[N+]([O-])c1cc2c(cc1CO[C@H]1OC(CO)[C@@H](O)C(O)C1O)OCO2. The van der Waals surface area contributed by atoms with Crippen molar-refractivity contribution < 1.29 is 44.3 Å². The Balaban J connectivity index is 1.76. The van der Waals surface area contributed by atoms with Crippen molar-refractivity contribution in [3.05, 3.63) is 27.8 Å². The van der Waals surface area contributed by atoms with Crippen molar-refractivity contribution in [2.24, 2.45) is 0 Å². The van der Waals surface area contributed by atoms with E-state index in [2.05, 4.69) is 0 Å². The summed E-state index contributed by atoms with van der Waals surface area (Å²) in [5.74, 6) is 0.557. The summed E-state index contributed by atoms with van der Waals surface area (Å²) in [5, 5.41) is 49.7. The van der Waals surface area contributed by atoms with E-state index in [9.17, 15) is 25.4 Å². The van der Waals surface area contributed by atoms with Gasteiger partial charge in [0.05, 0.1) is 29.8 Å². The van der Waals surface area contributed by atoms with Crippen molar-refractivity contribution in [3.8, 4) is 11.5 Å². The van der Waals surface area contributed by atoms with Crippen LogP contribution in [0.1, 0.15) is 5.56 Å². The van der Waals surface area contributed by atoms with Crippen LogP contribution in [0.2, 0.25) is 0 Å². The number of aliphatic hydroxyl groups excluding tert-OH is 4. The lowest BCUT2D eigenvalue weighted by Gasteiger charge is -2.39. The van der Waals surface area contributed by atoms with E-state index in [1.54, 1.807) is 0 Å². The number of hydrogen-bond acceptors (Lipinski definition) is 10. The molecule has 1 fully saturated rings. The van der Waals surface area contributed by atoms with Crippen LogP contribution in [0.3, 0.4) is 0 Å². The van der Waals surface area contributed by atoms with Gasteiger partial charge < -0.3 is 39.4 Å². The maximum absolute atomic E-state index is 11.2. The Morgan fingerprint density at radius 3 is 2.48 bits per heavy atom. The monoisotopic (exact) mass is 359 g/mol. The van der Waals surface area contributed by atoms with E-state index in [4.69, 9.17) is 24.1 Å². The third-order valence-electron chi connectivity index (χ3n) is 4.02. The third-order valence-corrected chi connectivity index (χ3v) is 4.02. The standard InChI is InChI=1S/C14H17NO10/c16-3-10-11(17)12(18)13(19)14(25-10)22-4-6-1-8-9(24-5-23-8)2-7(6)15(20)21/h1-2,10-14,16-19H,3-5H2/t10?,11-,12?,13?,14+/m1/s1. The summed E-state index contributed by atoms with van der Waals surface area (Å²) < 4.78 is 20.8. The molecule has 2 aliphatic rings. The van der Waals surface area contributed by atoms with Crippen molar-refractivity contribution in [2.45, 2.75) is 37.3 Å². The predicted molar refractivity (Wildman–Crippen MR) is 77.8 cm³/mol. The summed E-state index contributed by atoms with van der Waals surface area (Å²) >= 11 is 0. The van der Waals surface area contributed by atoms with Crippen molar-refractivity contribution in [3.63, 3.8) is 0 Å². The zero-order valence-electron chi connectivity index (χ0n) is 12.8. The molecule has 4 N–H and O–H groups in total. The topological polar surface area (TPSA) is 161 Å². The first kappa shape index (κ1) is 17.8. The predicted octanol–water partition coefficient (Wildman–Crippen LogP) is -1.36. The van der Waals surface area contributed by atoms with Crippen LogP contribution in [0.5, 0.6) is 11.5 Å². The Morgan fingerprint density at radius 1 is 1.16 bits per heavy atom. The Labute approximate surface area is 141 Å². The van der Waals surface area contributed by atoms with Gasteiger partial charge >= 0.3 is 0 Å². The zero-order chi connectivity index (χ0) is 18.1. The minimum Gasteiger partial charge on any atom is -0.454 e. The fourth-order valence-electron chi connectivity index (χ4n) is 2.64. The molecule has 0 radical (unpaired) electrons. The molecule has 2 heterocycles. The molecule has 3 rings (SSSR count). The van der Waals surface area contributed by atoms with E-state index < -0.39 is 42.2 Å². The second-order valence-electron chi connectivity index (χ2n) is 5.60. The summed E-state index contributed by atoms with van der Waals surface area (Å²) in [4.78, 5) is 10.6. The van der Waals surface area contributed by atoms with Crippen molar-refractivity contribution in [2.75, 3.05) is 13.4 Å². The maximum Gasteiger partial charge on any atom is 0.278 e. The lowest BCUT2D eigenvalue weighted by molar-refractivity contribution is -0.386. The first-order chi connectivity index (χ1) is 11.9. The molecule has 1 saturated heterocycles. The van der Waals surface area contributed by atoms with Gasteiger partial charge in [0, 0.05) is 0 Å². The molecule has 0 amide bonds. The molecular formula is C14H17NO10. The highest BCUT2D eigenvalue weighted by Gasteiger charge is 2.44. The number of rotatable bonds is 5. The summed E-state index contributed by atoms with van der Waals surface area (Å²) in [5.41, 5.74) is -0.125. The number of benzene rings is 1. The van der Waals surface area contributed by atoms with E-state index in [-0.39, 0.29) is 30.4 Å². The van der Waals surface area contributed by atoms with Gasteiger partial charge in [0.1, 0.15) is 24.4 Å². The minimum absolute atomic E-state index is 0.0521. The van der Waals surface area contributed by atoms with Crippen LogP contribution in [-0.2, 0) is 16.1 Å². The summed E-state index contributed by atoms with van der Waals surface area (Å²) in [7, 11) is 0. The molecule has 25 heavy (non-hydrogen) atoms. The number of ether oxygens (including phenoxy) is 4. The Kier molecular flexibility index (Phi) is 5.03. The van der Waals surface area contributed by atoms with Gasteiger partial charge in [0.15, 0.2) is 17.8 Å². The van der Waals surface area contributed by atoms with Crippen LogP contribution >= 0.6 is 0 Å². The van der Waals surface area contributed by atoms with Crippen LogP contribution in [0.4, 0.5) is 5.69 Å². The van der Waals surface area contributed by atoms with Crippen molar-refractivity contribution >= 4 is 5.69 Å². The highest BCUT2D eigenvalue weighted by Crippen LogP contribution is 2.38. The van der Waals surface area contributed by atoms with Gasteiger partial charge in [0.25, 0.3) is 5.69 Å². The molecule has 11 nitrogen and oxygen atoms in total. The van der Waals surface area contributed by atoms with E-state index in [0.29, 0.717) is 5.75 Å². The first-order valence-corrected chi connectivity index (χ1v) is 7.41. The summed E-state index contributed by atoms with van der Waals surface area (Å²) in [6, 6.07) is 2.58. The van der Waals surface area contributed by atoms with Crippen LogP contribution < -0.4 is 9.47 Å². The number of nitro groups is 1. The van der Waals surface area contributed by atoms with Crippen molar-refractivity contribution in [1.82, 2.24) is 0 Å². The van der Waals surface area contributed by atoms with Gasteiger partial charge in [-0.15, -0.1) is 0 Å². The van der Waals surface area contributed by atoms with Crippen LogP contribution in [0.15, 0.2) is 12.1 Å². The Bertz CT molecular complexity index is 651. The molecule has 0 bridgehead atoms. The Hall–Kier alpha value is -2.02. The minimum atomic E-state index is -1.59. The Morgan fingerprint density at radius 2 is 1.84 bits per heavy atom. The number of aliphatic hydroxyl groups is 4. The van der Waals surface area contributed by atoms with E-state index in [0.717, 1.165) is 0 Å². The van der Waals surface area contributed by atoms with E-state index in [1.807, 2.05) is 0 Å². The van der Waals surface area contributed by atoms with Gasteiger partial charge in [-0.3, -0.25) is 10.1 Å². The molecule has 3 unspecified atom stereocenters. The highest BCUT2D eigenvalue weighted by atomic mass is 16.7. The second kappa shape index (κ2) is 7.07. The van der Waals surface area contributed by atoms with Gasteiger partial charge in [0.2, 0.25) is 6.79 Å². The summed E-state index contributed by atoms with van der Waals surface area (Å²) in [6.07, 6.45) is -7.22. The lowest BCUT2D eigenvalue weighted by atomic mass is 9.99. The molecule has 0 aromatic heterocycles. The normalized spacial score (nSPS) is 31.1. The van der Waals surface area contributed by atoms with Crippen molar-refractivity contribution in [1.29, 1.82) is 0 Å². The summed E-state index contributed by atoms with van der Waals surface area (Å²) in [6.45, 7) is -0.992. The van der Waals surface area contributed by atoms with Crippen LogP contribution in [0.25, 0.3) is 0 Å². The number of fused-ring (bicyclic) bond motifs is 1. The fourth-order valence-corrected chi connectivity index (χ4v) is 2.64. The largest absolute Gasteiger partial charge is 0.454 e. The average molecular weight is 359 g/mol. The van der Waals surface area contributed by atoms with E-state index in [1.165, 1.54) is 12.1 Å². The number of nitro benzene ring substituents is 1. The smallest absolute Gasteiger partial charge is 0.278 e. The second-order valence-corrected chi connectivity index (χ2v) is 5.60. The molecule has 0 saturated carbocycles. The van der Waals surface area contributed by atoms with Gasteiger partial charge in [-0.25, -0.2) is 0 Å². The van der Waals surface area contributed by atoms with Crippen LogP contribution in [0, 0.1) is 10.1 Å².